The highest BCUT2D eigenvalue weighted by molar-refractivity contribution is 5.35. The maximum absolute atomic E-state index is 5.10. The van der Waals surface area contributed by atoms with E-state index in [0.717, 1.165) is 13.1 Å². The number of anilines is 2. The van der Waals surface area contributed by atoms with E-state index in [-0.39, 0.29) is 0 Å². The zero-order valence-electron chi connectivity index (χ0n) is 12.0. The van der Waals surface area contributed by atoms with Crippen LogP contribution in [0, 0.1) is 5.41 Å². The maximum Gasteiger partial charge on any atom is 0.322 e. The van der Waals surface area contributed by atoms with Crippen molar-refractivity contribution in [2.45, 2.75) is 39.5 Å². The lowest BCUT2D eigenvalue weighted by molar-refractivity contribution is 0.359. The van der Waals surface area contributed by atoms with Gasteiger partial charge in [0.15, 0.2) is 0 Å². The van der Waals surface area contributed by atoms with Crippen LogP contribution in [0.3, 0.4) is 0 Å². The summed E-state index contributed by atoms with van der Waals surface area (Å²) in [5.74, 6) is 1.13. The van der Waals surface area contributed by atoms with Crippen molar-refractivity contribution in [2.75, 3.05) is 30.8 Å². The summed E-state index contributed by atoms with van der Waals surface area (Å²) < 4.78 is 5.10. The molecule has 1 aliphatic rings. The first-order valence-electron chi connectivity index (χ1n) is 6.93. The van der Waals surface area contributed by atoms with Crippen molar-refractivity contribution >= 4 is 11.9 Å². The summed E-state index contributed by atoms with van der Waals surface area (Å²) in [5, 5.41) is 6.40. The molecule has 0 unspecified atom stereocenters. The third-order valence-electron chi connectivity index (χ3n) is 3.62. The van der Waals surface area contributed by atoms with Crippen LogP contribution in [-0.2, 0) is 0 Å². The third-order valence-corrected chi connectivity index (χ3v) is 3.62. The van der Waals surface area contributed by atoms with Gasteiger partial charge >= 0.3 is 6.01 Å². The van der Waals surface area contributed by atoms with Gasteiger partial charge in [0, 0.05) is 13.1 Å². The number of nitrogens with zero attached hydrogens (tertiary/aromatic N) is 3. The van der Waals surface area contributed by atoms with E-state index in [2.05, 4.69) is 32.5 Å². The molecule has 1 heterocycles. The highest BCUT2D eigenvalue weighted by atomic mass is 16.5. The largest absolute Gasteiger partial charge is 0.467 e. The quantitative estimate of drug-likeness (QED) is 0.822. The van der Waals surface area contributed by atoms with Crippen molar-refractivity contribution in [3.8, 4) is 6.01 Å². The molecule has 1 aliphatic carbocycles. The maximum atomic E-state index is 5.10. The second-order valence-electron chi connectivity index (χ2n) is 5.37. The molecule has 6 nitrogen and oxygen atoms in total. The first kappa shape index (κ1) is 13.8. The molecule has 0 aromatic carbocycles. The van der Waals surface area contributed by atoms with Gasteiger partial charge in [-0.15, -0.1) is 0 Å². The van der Waals surface area contributed by atoms with Gasteiger partial charge in [-0.3, -0.25) is 0 Å². The van der Waals surface area contributed by atoms with Gasteiger partial charge in [0.2, 0.25) is 11.9 Å². The Morgan fingerprint density at radius 2 is 1.74 bits per heavy atom. The molecule has 1 saturated carbocycles. The first-order valence-corrected chi connectivity index (χ1v) is 6.93. The Hall–Kier alpha value is -1.59. The molecule has 1 aromatic heterocycles. The van der Waals surface area contributed by atoms with Crippen LogP contribution < -0.4 is 15.4 Å². The van der Waals surface area contributed by atoms with E-state index in [1.165, 1.54) is 25.7 Å². The Morgan fingerprint density at radius 3 is 2.32 bits per heavy atom. The smallest absolute Gasteiger partial charge is 0.322 e. The second kappa shape index (κ2) is 6.04. The molecule has 0 radical (unpaired) electrons. The molecular formula is C13H23N5O. The fraction of sp³-hybridized carbons (Fsp3) is 0.769. The minimum absolute atomic E-state index is 0.338. The number of ether oxygens (including phenoxy) is 1. The Morgan fingerprint density at radius 1 is 1.11 bits per heavy atom. The standard InChI is InChI=1S/C13H23N5O/c1-4-14-10-16-11(18-12(17-10)19-3)15-9-13(2)7-5-6-8-13/h4-9H2,1-3H3,(H2,14,15,16,17,18). The van der Waals surface area contributed by atoms with Crippen molar-refractivity contribution in [1.82, 2.24) is 15.0 Å². The molecular weight excluding hydrogens is 242 g/mol. The van der Waals surface area contributed by atoms with Gasteiger partial charge in [-0.1, -0.05) is 19.8 Å². The molecule has 0 amide bonds. The minimum atomic E-state index is 0.338. The Labute approximate surface area is 114 Å². The zero-order valence-corrected chi connectivity index (χ0v) is 12.0. The van der Waals surface area contributed by atoms with E-state index >= 15 is 0 Å². The molecule has 0 spiro atoms. The van der Waals surface area contributed by atoms with E-state index in [1.54, 1.807) is 7.11 Å². The normalized spacial score (nSPS) is 17.2. The molecule has 2 rings (SSSR count). The highest BCUT2D eigenvalue weighted by Crippen LogP contribution is 2.37. The van der Waals surface area contributed by atoms with Gasteiger partial charge in [-0.25, -0.2) is 0 Å². The molecule has 2 N–H and O–H groups in total. The molecule has 106 valence electrons. The van der Waals surface area contributed by atoms with E-state index < -0.39 is 0 Å². The lowest BCUT2D eigenvalue weighted by Gasteiger charge is -2.23. The van der Waals surface area contributed by atoms with Crippen molar-refractivity contribution in [3.63, 3.8) is 0 Å². The van der Waals surface area contributed by atoms with E-state index in [9.17, 15) is 0 Å². The van der Waals surface area contributed by atoms with Crippen molar-refractivity contribution in [2.24, 2.45) is 5.41 Å². The Kier molecular flexibility index (Phi) is 4.39. The van der Waals surface area contributed by atoms with Crippen molar-refractivity contribution in [3.05, 3.63) is 0 Å². The molecule has 6 heteroatoms. The molecule has 1 fully saturated rings. The zero-order chi connectivity index (χ0) is 13.7. The first-order chi connectivity index (χ1) is 9.15. The fourth-order valence-electron chi connectivity index (χ4n) is 2.46. The third kappa shape index (κ3) is 3.68. The summed E-state index contributed by atoms with van der Waals surface area (Å²) in [7, 11) is 1.56. The van der Waals surface area contributed by atoms with Crippen LogP contribution in [0.1, 0.15) is 39.5 Å². The molecule has 0 saturated heterocycles. The van der Waals surface area contributed by atoms with E-state index in [0.29, 0.717) is 23.3 Å². The van der Waals surface area contributed by atoms with Crippen LogP contribution in [0.15, 0.2) is 0 Å². The summed E-state index contributed by atoms with van der Waals surface area (Å²) in [6.45, 7) is 5.98. The summed E-state index contributed by atoms with van der Waals surface area (Å²) in [4.78, 5) is 12.7. The van der Waals surface area contributed by atoms with Crippen LogP contribution in [-0.4, -0.2) is 35.2 Å². The number of aromatic nitrogens is 3. The van der Waals surface area contributed by atoms with Crippen LogP contribution in [0.5, 0.6) is 6.01 Å². The minimum Gasteiger partial charge on any atom is -0.467 e. The molecule has 1 aromatic rings. The summed E-state index contributed by atoms with van der Waals surface area (Å²) >= 11 is 0. The van der Waals surface area contributed by atoms with Gasteiger partial charge in [-0.05, 0) is 25.2 Å². The van der Waals surface area contributed by atoms with Crippen LogP contribution in [0.2, 0.25) is 0 Å². The lowest BCUT2D eigenvalue weighted by Crippen LogP contribution is -2.24. The van der Waals surface area contributed by atoms with Crippen LogP contribution in [0.4, 0.5) is 11.9 Å². The van der Waals surface area contributed by atoms with Crippen LogP contribution >= 0.6 is 0 Å². The van der Waals surface area contributed by atoms with Gasteiger partial charge in [0.25, 0.3) is 0 Å². The summed E-state index contributed by atoms with van der Waals surface area (Å²) in [6, 6.07) is 0.338. The van der Waals surface area contributed by atoms with Gasteiger partial charge < -0.3 is 15.4 Å². The fourth-order valence-corrected chi connectivity index (χ4v) is 2.46. The van der Waals surface area contributed by atoms with Gasteiger partial charge in [0.05, 0.1) is 7.11 Å². The van der Waals surface area contributed by atoms with E-state index in [1.807, 2.05) is 6.92 Å². The van der Waals surface area contributed by atoms with E-state index in [4.69, 9.17) is 4.74 Å². The average Bonchev–Trinajstić information content (AvgIpc) is 2.84. The second-order valence-corrected chi connectivity index (χ2v) is 5.37. The predicted octanol–water partition coefficient (Wildman–Crippen LogP) is 2.30. The molecule has 19 heavy (non-hydrogen) atoms. The SMILES string of the molecule is CCNc1nc(NCC2(C)CCCC2)nc(OC)n1. The Bertz CT molecular complexity index is 417. The number of hydrogen-bond acceptors (Lipinski definition) is 6. The van der Waals surface area contributed by atoms with Gasteiger partial charge in [-0.2, -0.15) is 15.0 Å². The summed E-state index contributed by atoms with van der Waals surface area (Å²) in [6.07, 6.45) is 5.17. The molecule has 0 aliphatic heterocycles. The van der Waals surface area contributed by atoms with Gasteiger partial charge in [0.1, 0.15) is 0 Å². The van der Waals surface area contributed by atoms with Crippen LogP contribution in [0.25, 0.3) is 0 Å². The number of hydrogen-bond donors (Lipinski definition) is 2. The van der Waals surface area contributed by atoms with Crippen molar-refractivity contribution < 1.29 is 4.74 Å². The number of nitrogens with one attached hydrogen (secondary N) is 2. The highest BCUT2D eigenvalue weighted by Gasteiger charge is 2.28. The monoisotopic (exact) mass is 265 g/mol. The number of rotatable bonds is 6. The predicted molar refractivity (Wildman–Crippen MR) is 75.6 cm³/mol. The lowest BCUT2D eigenvalue weighted by atomic mass is 9.89. The number of methoxy groups -OCH3 is 1. The Balaban J connectivity index is 2.04. The topological polar surface area (TPSA) is 72.0 Å². The molecule has 0 bridgehead atoms. The average molecular weight is 265 g/mol. The summed E-state index contributed by atoms with van der Waals surface area (Å²) in [5.41, 5.74) is 0.359. The van der Waals surface area contributed by atoms with Crippen molar-refractivity contribution in [1.29, 1.82) is 0 Å². The molecule has 0 atom stereocenters.